The summed E-state index contributed by atoms with van der Waals surface area (Å²) in [4.78, 5) is 29.1. The van der Waals surface area contributed by atoms with Gasteiger partial charge >= 0.3 is 0 Å². The largest absolute Gasteiger partial charge is 0.393 e. The molecular formula is C29H31FN6O2. The fourth-order valence-corrected chi connectivity index (χ4v) is 5.68. The number of halogens is 1. The van der Waals surface area contributed by atoms with Gasteiger partial charge in [-0.05, 0) is 87.3 Å². The monoisotopic (exact) mass is 514 g/mol. The van der Waals surface area contributed by atoms with Crippen LogP contribution >= 0.6 is 0 Å². The smallest absolute Gasteiger partial charge is 0.259 e. The normalized spacial score (nSPS) is 17.8. The van der Waals surface area contributed by atoms with Crippen LogP contribution in [-0.4, -0.2) is 58.2 Å². The van der Waals surface area contributed by atoms with Gasteiger partial charge in [0.15, 0.2) is 0 Å². The van der Waals surface area contributed by atoms with Crippen LogP contribution < -0.4 is 15.8 Å². The predicted molar refractivity (Wildman–Crippen MR) is 147 cm³/mol. The van der Waals surface area contributed by atoms with Gasteiger partial charge < -0.3 is 25.2 Å². The van der Waals surface area contributed by atoms with Gasteiger partial charge in [-0.15, -0.1) is 0 Å². The molecule has 1 aliphatic carbocycles. The molecule has 0 bridgehead atoms. The van der Waals surface area contributed by atoms with Crippen LogP contribution in [0.1, 0.15) is 36.4 Å². The Bertz CT molecular complexity index is 1540. The summed E-state index contributed by atoms with van der Waals surface area (Å²) < 4.78 is 15.5. The third-order valence-electron chi connectivity index (χ3n) is 7.74. The van der Waals surface area contributed by atoms with Crippen LogP contribution in [0.5, 0.6) is 0 Å². The molecule has 1 aromatic carbocycles. The van der Waals surface area contributed by atoms with Gasteiger partial charge in [-0.3, -0.25) is 4.79 Å². The van der Waals surface area contributed by atoms with E-state index >= 15 is 4.39 Å². The summed E-state index contributed by atoms with van der Waals surface area (Å²) in [7, 11) is 4.03. The van der Waals surface area contributed by atoms with E-state index in [4.69, 9.17) is 0 Å². The van der Waals surface area contributed by atoms with Gasteiger partial charge in [0.1, 0.15) is 11.6 Å². The lowest BCUT2D eigenvalue weighted by molar-refractivity contribution is 0.145. The first-order chi connectivity index (χ1) is 18.4. The van der Waals surface area contributed by atoms with E-state index < -0.39 is 0 Å². The van der Waals surface area contributed by atoms with Crippen molar-refractivity contribution in [3.63, 3.8) is 0 Å². The van der Waals surface area contributed by atoms with Crippen LogP contribution in [0.3, 0.4) is 0 Å². The number of aliphatic hydroxyl groups is 1. The van der Waals surface area contributed by atoms with E-state index in [1.54, 1.807) is 30.6 Å². The van der Waals surface area contributed by atoms with Gasteiger partial charge in [0.2, 0.25) is 0 Å². The Hall–Kier alpha value is -3.82. The molecule has 1 unspecified atom stereocenters. The van der Waals surface area contributed by atoms with Gasteiger partial charge in [-0.2, -0.15) is 0 Å². The summed E-state index contributed by atoms with van der Waals surface area (Å²) in [5, 5.41) is 13.4. The molecule has 1 fully saturated rings. The lowest BCUT2D eigenvalue weighted by atomic mass is 10.0. The van der Waals surface area contributed by atoms with Crippen molar-refractivity contribution in [3.8, 4) is 11.3 Å². The summed E-state index contributed by atoms with van der Waals surface area (Å²) >= 11 is 0. The maximum absolute atomic E-state index is 15.5. The molecule has 38 heavy (non-hydrogen) atoms. The van der Waals surface area contributed by atoms with Crippen molar-refractivity contribution in [2.45, 2.75) is 37.8 Å². The second kappa shape index (κ2) is 9.81. The minimum atomic E-state index is -0.325. The molecule has 0 spiro atoms. The van der Waals surface area contributed by atoms with Crippen molar-refractivity contribution in [1.82, 2.24) is 19.9 Å². The Labute approximate surface area is 220 Å². The first kappa shape index (κ1) is 24.5. The summed E-state index contributed by atoms with van der Waals surface area (Å²) in [5.74, 6) is 0.241. The van der Waals surface area contributed by atoms with Crippen LogP contribution in [-0.2, 0) is 6.42 Å². The zero-order valence-corrected chi connectivity index (χ0v) is 21.5. The molecule has 6 rings (SSSR count). The standard InChI is InChI=1S/C29H31FN6O2/c1-35(2)26-5-3-17-13-21(22(30)14-20(17)26)24-15-25(28-23(33-24)7-10-31-29(28)38)34-27-6-4-18(16-32-27)36-11-8-19(37)9-12-36/h4,6-7,10,13-16,19,26,37H,3,5,8-9,11-12H2,1-2H3,(H,31,38)(H,32,33,34). The summed E-state index contributed by atoms with van der Waals surface area (Å²) in [5.41, 5.74) is 4.73. The number of piperidine rings is 1. The number of aliphatic hydroxyl groups excluding tert-OH is 1. The summed E-state index contributed by atoms with van der Waals surface area (Å²) in [6.07, 6.45) is 6.42. The summed E-state index contributed by atoms with van der Waals surface area (Å²) in [6.45, 7) is 1.57. The minimum Gasteiger partial charge on any atom is -0.393 e. The number of aromatic nitrogens is 3. The van der Waals surface area contributed by atoms with E-state index in [0.29, 0.717) is 33.7 Å². The highest BCUT2D eigenvalue weighted by molar-refractivity contribution is 5.94. The van der Waals surface area contributed by atoms with E-state index in [0.717, 1.165) is 55.6 Å². The number of aryl methyl sites for hydroxylation is 1. The Morgan fingerprint density at radius 2 is 1.95 bits per heavy atom. The number of pyridine rings is 3. The average molecular weight is 515 g/mol. The highest BCUT2D eigenvalue weighted by Gasteiger charge is 2.27. The first-order valence-electron chi connectivity index (χ1n) is 13.0. The zero-order valence-electron chi connectivity index (χ0n) is 21.5. The fourth-order valence-electron chi connectivity index (χ4n) is 5.68. The number of nitrogens with zero attached hydrogens (tertiary/aromatic N) is 4. The molecule has 4 heterocycles. The maximum atomic E-state index is 15.5. The number of nitrogens with one attached hydrogen (secondary N) is 2. The second-order valence-corrected chi connectivity index (χ2v) is 10.4. The van der Waals surface area contributed by atoms with Gasteiger partial charge in [0, 0.05) is 30.9 Å². The van der Waals surface area contributed by atoms with Gasteiger partial charge in [0.25, 0.3) is 5.56 Å². The molecule has 0 radical (unpaired) electrons. The fraction of sp³-hybridized carbons (Fsp3) is 0.345. The molecule has 2 aliphatic rings. The van der Waals surface area contributed by atoms with Crippen molar-refractivity contribution < 1.29 is 9.50 Å². The molecule has 3 aromatic heterocycles. The predicted octanol–water partition coefficient (Wildman–Crippen LogP) is 4.38. The Morgan fingerprint density at radius 1 is 1.13 bits per heavy atom. The quantitative estimate of drug-likeness (QED) is 0.364. The molecule has 4 aromatic rings. The molecular weight excluding hydrogens is 483 g/mol. The van der Waals surface area contributed by atoms with Crippen LogP contribution in [0, 0.1) is 5.82 Å². The van der Waals surface area contributed by atoms with Crippen molar-refractivity contribution in [1.29, 1.82) is 0 Å². The van der Waals surface area contributed by atoms with Crippen LogP contribution in [0.25, 0.3) is 22.2 Å². The lowest BCUT2D eigenvalue weighted by Crippen LogP contribution is -2.35. The number of benzene rings is 1. The van der Waals surface area contributed by atoms with Gasteiger partial charge in [-0.1, -0.05) is 0 Å². The molecule has 196 valence electrons. The van der Waals surface area contributed by atoms with Crippen molar-refractivity contribution in [2.24, 2.45) is 0 Å². The third-order valence-corrected chi connectivity index (χ3v) is 7.74. The molecule has 8 nitrogen and oxygen atoms in total. The summed E-state index contributed by atoms with van der Waals surface area (Å²) in [6, 6.07) is 11.0. The third kappa shape index (κ3) is 4.52. The number of hydrogen-bond acceptors (Lipinski definition) is 7. The molecule has 1 atom stereocenters. The lowest BCUT2D eigenvalue weighted by Gasteiger charge is -2.31. The first-order valence-corrected chi connectivity index (χ1v) is 13.0. The van der Waals surface area contributed by atoms with E-state index in [9.17, 15) is 9.90 Å². The van der Waals surface area contributed by atoms with Crippen molar-refractivity contribution >= 4 is 28.1 Å². The number of rotatable bonds is 5. The highest BCUT2D eigenvalue weighted by Crippen LogP contribution is 2.39. The average Bonchev–Trinajstić information content (AvgIpc) is 3.32. The van der Waals surface area contributed by atoms with Crippen molar-refractivity contribution in [3.05, 3.63) is 76.1 Å². The Morgan fingerprint density at radius 3 is 2.68 bits per heavy atom. The molecule has 0 amide bonds. The van der Waals surface area contributed by atoms with Gasteiger partial charge in [-0.25, -0.2) is 14.4 Å². The molecule has 1 saturated heterocycles. The number of aromatic amines is 1. The molecule has 1 aliphatic heterocycles. The molecule has 0 saturated carbocycles. The van der Waals surface area contributed by atoms with Crippen LogP contribution in [0.15, 0.2) is 53.6 Å². The van der Waals surface area contributed by atoms with E-state index in [-0.39, 0.29) is 23.5 Å². The topological polar surface area (TPSA) is 97.4 Å². The second-order valence-electron chi connectivity index (χ2n) is 10.4. The van der Waals surface area contributed by atoms with Crippen LogP contribution in [0.4, 0.5) is 21.6 Å². The minimum absolute atomic E-state index is 0.206. The van der Waals surface area contributed by atoms with E-state index in [1.807, 2.05) is 32.3 Å². The Balaban J connectivity index is 1.36. The van der Waals surface area contributed by atoms with E-state index in [1.165, 1.54) is 0 Å². The number of fused-ring (bicyclic) bond motifs is 2. The van der Waals surface area contributed by atoms with Crippen LogP contribution in [0.2, 0.25) is 0 Å². The SMILES string of the molecule is CN(C)C1CCc2cc(-c3cc(Nc4ccc(N5CCC(O)CC5)cn4)c4c(=O)[nH]ccc4n3)c(F)cc21. The number of anilines is 3. The number of H-pyrrole nitrogens is 1. The van der Waals surface area contributed by atoms with Gasteiger partial charge in [0.05, 0.1) is 40.3 Å². The van der Waals surface area contributed by atoms with E-state index in [2.05, 4.69) is 30.1 Å². The highest BCUT2D eigenvalue weighted by atomic mass is 19.1. The molecule has 3 N–H and O–H groups in total. The molecule has 9 heteroatoms. The van der Waals surface area contributed by atoms with Crippen molar-refractivity contribution in [2.75, 3.05) is 37.4 Å². The number of hydrogen-bond donors (Lipinski definition) is 3. The maximum Gasteiger partial charge on any atom is 0.259 e. The zero-order chi connectivity index (χ0) is 26.4. The Kier molecular flexibility index (Phi) is 6.33.